The van der Waals surface area contributed by atoms with Crippen molar-refractivity contribution in [1.82, 2.24) is 10.6 Å². The van der Waals surface area contributed by atoms with E-state index in [1.165, 1.54) is 0 Å². The second-order valence-electron chi connectivity index (χ2n) is 2.57. The molecule has 1 aliphatic rings. The van der Waals surface area contributed by atoms with E-state index in [0.717, 1.165) is 0 Å². The van der Waals surface area contributed by atoms with Crippen molar-refractivity contribution in [3.63, 3.8) is 0 Å². The number of rotatable bonds is 2. The zero-order chi connectivity index (χ0) is 10.0. The van der Waals surface area contributed by atoms with Gasteiger partial charge in [0.25, 0.3) is 0 Å². The number of nitrogens with one attached hydrogen (secondary N) is 2. The standard InChI is InChI=1S/C6H8N2O5/c9-1-2-3(5(11)12)7-6(13)8-4(2)10/h2-3,9H,1H2,(H,11,12)(H2,7,8,10,13). The van der Waals surface area contributed by atoms with Crippen LogP contribution < -0.4 is 10.6 Å². The van der Waals surface area contributed by atoms with Gasteiger partial charge in [-0.3, -0.25) is 10.1 Å². The van der Waals surface area contributed by atoms with Gasteiger partial charge in [0.05, 0.1) is 12.5 Å². The summed E-state index contributed by atoms with van der Waals surface area (Å²) in [5.41, 5.74) is 0. The van der Waals surface area contributed by atoms with Crippen LogP contribution in [0.5, 0.6) is 0 Å². The molecule has 0 bridgehead atoms. The molecule has 7 heteroatoms. The largest absolute Gasteiger partial charge is 0.480 e. The Bertz CT molecular complexity index is 264. The number of carbonyl (C=O) groups excluding carboxylic acids is 2. The van der Waals surface area contributed by atoms with Gasteiger partial charge in [-0.15, -0.1) is 0 Å². The Morgan fingerprint density at radius 3 is 2.54 bits per heavy atom. The Hall–Kier alpha value is -1.63. The average Bonchev–Trinajstić information content (AvgIpc) is 2.02. The lowest BCUT2D eigenvalue weighted by atomic mass is 9.98. The first-order chi connectivity index (χ1) is 6.06. The molecule has 1 rings (SSSR count). The van der Waals surface area contributed by atoms with Crippen LogP contribution in [0.3, 0.4) is 0 Å². The number of aliphatic hydroxyl groups is 1. The zero-order valence-electron chi connectivity index (χ0n) is 6.48. The highest BCUT2D eigenvalue weighted by molar-refractivity contribution is 6.02. The quantitative estimate of drug-likeness (QED) is 0.395. The molecule has 1 saturated heterocycles. The van der Waals surface area contributed by atoms with Gasteiger partial charge in [0.1, 0.15) is 6.04 Å². The fourth-order valence-corrected chi connectivity index (χ4v) is 1.06. The molecule has 1 fully saturated rings. The molecule has 1 aliphatic heterocycles. The van der Waals surface area contributed by atoms with Crippen LogP contribution in [0.2, 0.25) is 0 Å². The molecule has 0 radical (unpaired) electrons. The topological polar surface area (TPSA) is 116 Å². The van der Waals surface area contributed by atoms with Crippen molar-refractivity contribution in [1.29, 1.82) is 0 Å². The highest BCUT2D eigenvalue weighted by Crippen LogP contribution is 2.07. The van der Waals surface area contributed by atoms with Crippen LogP contribution in [0.15, 0.2) is 0 Å². The summed E-state index contributed by atoms with van der Waals surface area (Å²) in [5, 5.41) is 21.1. The maximum Gasteiger partial charge on any atom is 0.327 e. The number of carboxylic acids is 1. The summed E-state index contributed by atoms with van der Waals surface area (Å²) in [6.45, 7) is -0.622. The molecule has 13 heavy (non-hydrogen) atoms. The van der Waals surface area contributed by atoms with E-state index in [1.807, 2.05) is 10.6 Å². The number of hydrogen-bond donors (Lipinski definition) is 4. The highest BCUT2D eigenvalue weighted by atomic mass is 16.4. The molecule has 3 amide bonds. The summed E-state index contributed by atoms with van der Waals surface area (Å²) in [7, 11) is 0. The molecule has 4 N–H and O–H groups in total. The van der Waals surface area contributed by atoms with Gasteiger partial charge < -0.3 is 15.5 Å². The second kappa shape index (κ2) is 3.40. The average molecular weight is 188 g/mol. The number of carbonyl (C=O) groups is 3. The highest BCUT2D eigenvalue weighted by Gasteiger charge is 2.39. The lowest BCUT2D eigenvalue weighted by molar-refractivity contribution is -0.145. The monoisotopic (exact) mass is 188 g/mol. The normalized spacial score (nSPS) is 27.8. The van der Waals surface area contributed by atoms with Crippen LogP contribution in [0, 0.1) is 5.92 Å². The van der Waals surface area contributed by atoms with Crippen LogP contribution in [-0.4, -0.2) is 40.8 Å². The van der Waals surface area contributed by atoms with Crippen molar-refractivity contribution in [2.75, 3.05) is 6.61 Å². The summed E-state index contributed by atoms with van der Waals surface area (Å²) < 4.78 is 0. The molecule has 0 saturated carbocycles. The Morgan fingerprint density at radius 1 is 1.46 bits per heavy atom. The van der Waals surface area contributed by atoms with Crippen LogP contribution in [0.4, 0.5) is 4.79 Å². The summed E-state index contributed by atoms with van der Waals surface area (Å²) in [6, 6.07) is -2.21. The molecule has 0 spiro atoms. The Morgan fingerprint density at radius 2 is 2.08 bits per heavy atom. The van der Waals surface area contributed by atoms with Gasteiger partial charge in [-0.1, -0.05) is 0 Å². The van der Waals surface area contributed by atoms with Crippen LogP contribution in [-0.2, 0) is 9.59 Å². The molecule has 2 atom stereocenters. The maximum atomic E-state index is 11.0. The molecule has 0 aromatic rings. The minimum atomic E-state index is -1.36. The van der Waals surface area contributed by atoms with Crippen molar-refractivity contribution in [3.05, 3.63) is 0 Å². The summed E-state index contributed by atoms with van der Waals surface area (Å²) in [5.74, 6) is -3.25. The molecule has 7 nitrogen and oxygen atoms in total. The van der Waals surface area contributed by atoms with Crippen molar-refractivity contribution >= 4 is 17.9 Å². The number of aliphatic hydroxyl groups excluding tert-OH is 1. The van der Waals surface area contributed by atoms with Crippen molar-refractivity contribution in [2.24, 2.45) is 5.92 Å². The van der Waals surface area contributed by atoms with E-state index in [9.17, 15) is 14.4 Å². The lowest BCUT2D eigenvalue weighted by Gasteiger charge is -2.26. The Kier molecular flexibility index (Phi) is 2.47. The number of urea groups is 1. The molecule has 0 aromatic carbocycles. The number of hydrogen-bond acceptors (Lipinski definition) is 4. The summed E-state index contributed by atoms with van der Waals surface area (Å²) >= 11 is 0. The molecule has 72 valence electrons. The van der Waals surface area contributed by atoms with Crippen molar-refractivity contribution < 1.29 is 24.6 Å². The van der Waals surface area contributed by atoms with Crippen molar-refractivity contribution in [3.8, 4) is 0 Å². The summed E-state index contributed by atoms with van der Waals surface area (Å²) in [6.07, 6.45) is 0. The predicted molar refractivity (Wildman–Crippen MR) is 38.7 cm³/mol. The van der Waals surface area contributed by atoms with Gasteiger partial charge in [0.2, 0.25) is 5.91 Å². The molecular weight excluding hydrogens is 180 g/mol. The number of imide groups is 1. The minimum Gasteiger partial charge on any atom is -0.480 e. The van der Waals surface area contributed by atoms with E-state index in [4.69, 9.17) is 10.2 Å². The van der Waals surface area contributed by atoms with Gasteiger partial charge in [0.15, 0.2) is 0 Å². The molecule has 1 heterocycles. The smallest absolute Gasteiger partial charge is 0.327 e. The van der Waals surface area contributed by atoms with Gasteiger partial charge in [0, 0.05) is 0 Å². The first kappa shape index (κ1) is 9.46. The first-order valence-corrected chi connectivity index (χ1v) is 3.51. The number of aliphatic carboxylic acids is 1. The first-order valence-electron chi connectivity index (χ1n) is 3.51. The Labute approximate surface area is 72.7 Å². The molecule has 0 aliphatic carbocycles. The van der Waals surface area contributed by atoms with Gasteiger partial charge >= 0.3 is 12.0 Å². The van der Waals surface area contributed by atoms with Crippen molar-refractivity contribution in [2.45, 2.75) is 6.04 Å². The van der Waals surface area contributed by atoms with Gasteiger partial charge in [-0.25, -0.2) is 9.59 Å². The zero-order valence-corrected chi connectivity index (χ0v) is 6.48. The SMILES string of the molecule is O=C1NC(=O)C(CO)C(C(=O)O)N1. The number of carboxylic acid groups (broad SMARTS) is 1. The van der Waals surface area contributed by atoms with E-state index in [0.29, 0.717) is 0 Å². The van der Waals surface area contributed by atoms with Crippen LogP contribution in [0.25, 0.3) is 0 Å². The summed E-state index contributed by atoms with van der Waals surface area (Å²) in [4.78, 5) is 32.1. The third-order valence-corrected chi connectivity index (χ3v) is 1.73. The maximum absolute atomic E-state index is 11.0. The van der Waals surface area contributed by atoms with E-state index < -0.39 is 36.5 Å². The Balaban J connectivity index is 2.83. The van der Waals surface area contributed by atoms with E-state index >= 15 is 0 Å². The van der Waals surface area contributed by atoms with Crippen LogP contribution in [0.1, 0.15) is 0 Å². The third kappa shape index (κ3) is 1.75. The van der Waals surface area contributed by atoms with Gasteiger partial charge in [-0.05, 0) is 0 Å². The second-order valence-corrected chi connectivity index (χ2v) is 2.57. The third-order valence-electron chi connectivity index (χ3n) is 1.73. The van der Waals surface area contributed by atoms with E-state index in [1.54, 1.807) is 0 Å². The molecule has 0 aromatic heterocycles. The fourth-order valence-electron chi connectivity index (χ4n) is 1.06. The minimum absolute atomic E-state index is 0.622. The van der Waals surface area contributed by atoms with Crippen LogP contribution >= 0.6 is 0 Å². The predicted octanol–water partition coefficient (Wildman–Crippen LogP) is -2.11. The van der Waals surface area contributed by atoms with Gasteiger partial charge in [-0.2, -0.15) is 0 Å². The number of amides is 3. The van der Waals surface area contributed by atoms with E-state index in [-0.39, 0.29) is 0 Å². The molecule has 2 unspecified atom stereocenters. The van der Waals surface area contributed by atoms with E-state index in [2.05, 4.69) is 0 Å². The lowest BCUT2D eigenvalue weighted by Crippen LogP contribution is -2.61. The fraction of sp³-hybridized carbons (Fsp3) is 0.500. The molecular formula is C6H8N2O5.